The Morgan fingerprint density at radius 1 is 1.19 bits per heavy atom. The first-order valence-electron chi connectivity index (χ1n) is 7.09. The van der Waals surface area contributed by atoms with Gasteiger partial charge >= 0.3 is 0 Å². The summed E-state index contributed by atoms with van der Waals surface area (Å²) in [5.41, 5.74) is 0.893. The van der Waals surface area contributed by atoms with Crippen molar-refractivity contribution in [3.8, 4) is 11.5 Å². The lowest BCUT2D eigenvalue weighted by atomic mass is 10.2. The summed E-state index contributed by atoms with van der Waals surface area (Å²) in [6, 6.07) is 9.35. The average molecular weight is 290 g/mol. The Kier molecular flexibility index (Phi) is 5.63. The molecule has 0 saturated heterocycles. The molecule has 0 spiro atoms. The van der Waals surface area contributed by atoms with Crippen molar-refractivity contribution in [1.82, 2.24) is 10.5 Å². The van der Waals surface area contributed by atoms with Gasteiger partial charge in [0.25, 0.3) is 0 Å². The molecule has 5 nitrogen and oxygen atoms in total. The van der Waals surface area contributed by atoms with E-state index in [1.165, 1.54) is 0 Å². The van der Waals surface area contributed by atoms with E-state index in [4.69, 9.17) is 14.0 Å². The molecule has 1 N–H and O–H groups in total. The fourth-order valence-electron chi connectivity index (χ4n) is 1.82. The molecule has 0 aliphatic carbocycles. The van der Waals surface area contributed by atoms with Gasteiger partial charge in [-0.15, -0.1) is 0 Å². The first-order chi connectivity index (χ1) is 10.2. The molecule has 0 radical (unpaired) electrons. The first-order valence-corrected chi connectivity index (χ1v) is 7.09. The molecular weight excluding hydrogens is 268 g/mol. The SMILES string of the molecule is COc1ccc(OCc2cc(CNCC(C)C)no2)cc1. The summed E-state index contributed by atoms with van der Waals surface area (Å²) in [5.74, 6) is 2.91. The van der Waals surface area contributed by atoms with Crippen LogP contribution in [0, 0.1) is 5.92 Å². The quantitative estimate of drug-likeness (QED) is 0.810. The van der Waals surface area contributed by atoms with E-state index in [0.717, 1.165) is 23.7 Å². The number of hydrogen-bond acceptors (Lipinski definition) is 5. The molecule has 2 aromatic rings. The van der Waals surface area contributed by atoms with Gasteiger partial charge in [-0.25, -0.2) is 0 Å². The number of ether oxygens (including phenoxy) is 2. The summed E-state index contributed by atoms with van der Waals surface area (Å²) in [7, 11) is 1.64. The lowest BCUT2D eigenvalue weighted by Gasteiger charge is -2.04. The highest BCUT2D eigenvalue weighted by Gasteiger charge is 2.05. The van der Waals surface area contributed by atoms with Crippen LogP contribution in [0.2, 0.25) is 0 Å². The summed E-state index contributed by atoms with van der Waals surface area (Å²) in [5, 5.41) is 7.34. The van der Waals surface area contributed by atoms with Crippen molar-refractivity contribution >= 4 is 0 Å². The van der Waals surface area contributed by atoms with Crippen LogP contribution in [-0.2, 0) is 13.2 Å². The Balaban J connectivity index is 1.79. The van der Waals surface area contributed by atoms with Crippen molar-refractivity contribution in [1.29, 1.82) is 0 Å². The van der Waals surface area contributed by atoms with E-state index in [1.807, 2.05) is 30.3 Å². The van der Waals surface area contributed by atoms with Crippen LogP contribution in [-0.4, -0.2) is 18.8 Å². The number of rotatable bonds is 8. The fourth-order valence-corrected chi connectivity index (χ4v) is 1.82. The minimum Gasteiger partial charge on any atom is -0.497 e. The molecule has 0 amide bonds. The molecule has 0 unspecified atom stereocenters. The minimum absolute atomic E-state index is 0.365. The lowest BCUT2D eigenvalue weighted by molar-refractivity contribution is 0.248. The molecule has 0 bridgehead atoms. The van der Waals surface area contributed by atoms with Gasteiger partial charge in [-0.3, -0.25) is 0 Å². The van der Waals surface area contributed by atoms with Crippen LogP contribution in [0.1, 0.15) is 25.3 Å². The Morgan fingerprint density at radius 2 is 1.90 bits per heavy atom. The van der Waals surface area contributed by atoms with Crippen LogP contribution < -0.4 is 14.8 Å². The van der Waals surface area contributed by atoms with Gasteiger partial charge < -0.3 is 19.3 Å². The van der Waals surface area contributed by atoms with Gasteiger partial charge in [0.15, 0.2) is 5.76 Å². The van der Waals surface area contributed by atoms with Gasteiger partial charge in [0, 0.05) is 12.6 Å². The van der Waals surface area contributed by atoms with E-state index in [9.17, 15) is 0 Å². The smallest absolute Gasteiger partial charge is 0.174 e. The van der Waals surface area contributed by atoms with Crippen LogP contribution in [0.3, 0.4) is 0 Å². The van der Waals surface area contributed by atoms with Gasteiger partial charge in [-0.05, 0) is 36.7 Å². The number of hydrogen-bond donors (Lipinski definition) is 1. The predicted octanol–water partition coefficient (Wildman–Crippen LogP) is 3.01. The highest BCUT2D eigenvalue weighted by molar-refractivity contribution is 5.31. The minimum atomic E-state index is 0.365. The normalized spacial score (nSPS) is 10.9. The molecule has 21 heavy (non-hydrogen) atoms. The van der Waals surface area contributed by atoms with Crippen molar-refractivity contribution in [2.24, 2.45) is 5.92 Å². The average Bonchev–Trinajstić information content (AvgIpc) is 2.93. The van der Waals surface area contributed by atoms with Gasteiger partial charge in [-0.1, -0.05) is 19.0 Å². The third-order valence-electron chi connectivity index (χ3n) is 2.91. The topological polar surface area (TPSA) is 56.5 Å². The first kappa shape index (κ1) is 15.4. The summed E-state index contributed by atoms with van der Waals surface area (Å²) >= 11 is 0. The summed E-state index contributed by atoms with van der Waals surface area (Å²) in [6.07, 6.45) is 0. The van der Waals surface area contributed by atoms with Gasteiger partial charge in [-0.2, -0.15) is 0 Å². The summed E-state index contributed by atoms with van der Waals surface area (Å²) < 4.78 is 16.0. The van der Waals surface area contributed by atoms with Gasteiger partial charge in [0.2, 0.25) is 0 Å². The van der Waals surface area contributed by atoms with Crippen LogP contribution >= 0.6 is 0 Å². The summed E-state index contributed by atoms with van der Waals surface area (Å²) in [4.78, 5) is 0. The molecule has 5 heteroatoms. The highest BCUT2D eigenvalue weighted by Crippen LogP contribution is 2.18. The van der Waals surface area contributed by atoms with Crippen LogP contribution in [0.15, 0.2) is 34.9 Å². The number of nitrogens with zero attached hydrogens (tertiary/aromatic N) is 1. The van der Waals surface area contributed by atoms with Crippen LogP contribution in [0.25, 0.3) is 0 Å². The van der Waals surface area contributed by atoms with Crippen LogP contribution in [0.5, 0.6) is 11.5 Å². The molecule has 114 valence electrons. The molecule has 2 rings (SSSR count). The van der Waals surface area contributed by atoms with E-state index in [-0.39, 0.29) is 0 Å². The summed E-state index contributed by atoms with van der Waals surface area (Å²) in [6.45, 7) is 6.38. The maximum absolute atomic E-state index is 5.64. The molecule has 0 aliphatic rings. The zero-order valence-corrected chi connectivity index (χ0v) is 12.8. The van der Waals surface area contributed by atoms with E-state index in [0.29, 0.717) is 24.8 Å². The Morgan fingerprint density at radius 3 is 2.57 bits per heavy atom. The third-order valence-corrected chi connectivity index (χ3v) is 2.91. The number of nitrogens with one attached hydrogen (secondary N) is 1. The second-order valence-corrected chi connectivity index (χ2v) is 5.27. The zero-order chi connectivity index (χ0) is 15.1. The maximum atomic E-state index is 5.64. The zero-order valence-electron chi connectivity index (χ0n) is 12.8. The monoisotopic (exact) mass is 290 g/mol. The lowest BCUT2D eigenvalue weighted by Crippen LogP contribution is -2.19. The second kappa shape index (κ2) is 7.69. The number of benzene rings is 1. The Bertz CT molecular complexity index is 535. The highest BCUT2D eigenvalue weighted by atomic mass is 16.5. The van der Waals surface area contributed by atoms with E-state index in [2.05, 4.69) is 24.3 Å². The van der Waals surface area contributed by atoms with Crippen molar-refractivity contribution in [2.75, 3.05) is 13.7 Å². The van der Waals surface area contributed by atoms with Crippen molar-refractivity contribution in [2.45, 2.75) is 27.0 Å². The van der Waals surface area contributed by atoms with Crippen molar-refractivity contribution < 1.29 is 14.0 Å². The van der Waals surface area contributed by atoms with Crippen LogP contribution in [0.4, 0.5) is 0 Å². The van der Waals surface area contributed by atoms with Gasteiger partial charge in [0.05, 0.1) is 12.8 Å². The molecule has 1 aromatic carbocycles. The number of methoxy groups -OCH3 is 1. The molecule has 0 atom stereocenters. The fraction of sp³-hybridized carbons (Fsp3) is 0.438. The molecule has 1 aromatic heterocycles. The van der Waals surface area contributed by atoms with Gasteiger partial charge in [0.1, 0.15) is 18.1 Å². The van der Waals surface area contributed by atoms with E-state index in [1.54, 1.807) is 7.11 Å². The molecule has 0 fully saturated rings. The van der Waals surface area contributed by atoms with Crippen molar-refractivity contribution in [3.63, 3.8) is 0 Å². The Labute approximate surface area is 125 Å². The second-order valence-electron chi connectivity index (χ2n) is 5.27. The number of aromatic nitrogens is 1. The largest absolute Gasteiger partial charge is 0.497 e. The predicted molar refractivity (Wildman–Crippen MR) is 80.4 cm³/mol. The molecular formula is C16H22N2O3. The molecule has 0 aliphatic heterocycles. The standard InChI is InChI=1S/C16H22N2O3/c1-12(2)9-17-10-13-8-16(21-18-13)11-20-15-6-4-14(19-3)5-7-15/h4-8,12,17H,9-11H2,1-3H3. The van der Waals surface area contributed by atoms with Crippen molar-refractivity contribution in [3.05, 3.63) is 41.8 Å². The third kappa shape index (κ3) is 5.11. The maximum Gasteiger partial charge on any atom is 0.174 e. The van der Waals surface area contributed by atoms with E-state index >= 15 is 0 Å². The molecule has 1 heterocycles. The Hall–Kier alpha value is -2.01. The van der Waals surface area contributed by atoms with E-state index < -0.39 is 0 Å². The molecule has 0 saturated carbocycles.